The molecule has 0 aliphatic rings. The maximum absolute atomic E-state index is 13.1. The lowest BCUT2D eigenvalue weighted by Gasteiger charge is -2.08. The van der Waals surface area contributed by atoms with Crippen molar-refractivity contribution in [1.29, 1.82) is 0 Å². The van der Waals surface area contributed by atoms with Gasteiger partial charge in [0.15, 0.2) is 9.84 Å². The number of hydrogen-bond acceptors (Lipinski definition) is 3. The molecule has 17 heavy (non-hydrogen) atoms. The second-order valence-electron chi connectivity index (χ2n) is 3.04. The van der Waals surface area contributed by atoms with Gasteiger partial charge in [0.05, 0.1) is 12.4 Å². The summed E-state index contributed by atoms with van der Waals surface area (Å²) in [5, 5.41) is 0. The third-order valence-corrected chi connectivity index (χ3v) is 3.49. The third kappa shape index (κ3) is 4.31. The number of halogens is 4. The zero-order valence-corrected chi connectivity index (χ0v) is 9.18. The van der Waals surface area contributed by atoms with E-state index in [1.54, 1.807) is 0 Å². The van der Waals surface area contributed by atoms with Gasteiger partial charge in [0, 0.05) is 0 Å². The van der Waals surface area contributed by atoms with Crippen molar-refractivity contribution in [3.63, 3.8) is 0 Å². The number of benzene rings is 1. The molecule has 0 aliphatic carbocycles. The molecule has 0 spiro atoms. The molecule has 0 aliphatic heterocycles. The number of alkyl halides is 3. The summed E-state index contributed by atoms with van der Waals surface area (Å²) < 4.78 is 74.2. The molecule has 1 aromatic carbocycles. The lowest BCUT2D eigenvalue weighted by atomic mass is 10.3. The van der Waals surface area contributed by atoms with Gasteiger partial charge in [-0.15, -0.1) is 13.2 Å². The number of ether oxygens (including phenoxy) is 1. The highest BCUT2D eigenvalue weighted by Crippen LogP contribution is 2.18. The first-order valence-electron chi connectivity index (χ1n) is 4.40. The second kappa shape index (κ2) is 5.01. The van der Waals surface area contributed by atoms with Gasteiger partial charge in [0.25, 0.3) is 0 Å². The van der Waals surface area contributed by atoms with Gasteiger partial charge in [0.2, 0.25) is 0 Å². The number of sulfone groups is 1. The van der Waals surface area contributed by atoms with Crippen LogP contribution in [0.2, 0.25) is 0 Å². The maximum Gasteiger partial charge on any atom is 0.522 e. The van der Waals surface area contributed by atoms with Crippen LogP contribution in [-0.2, 0) is 14.6 Å². The zero-order chi connectivity index (χ0) is 13.1. The zero-order valence-electron chi connectivity index (χ0n) is 8.37. The molecule has 0 unspecified atom stereocenters. The lowest BCUT2D eigenvalue weighted by molar-refractivity contribution is -0.322. The van der Waals surface area contributed by atoms with Crippen LogP contribution >= 0.6 is 0 Å². The smallest absolute Gasteiger partial charge is 0.291 e. The summed E-state index contributed by atoms with van der Waals surface area (Å²) in [5.74, 6) is -1.94. The first-order chi connectivity index (χ1) is 7.72. The molecule has 8 heteroatoms. The second-order valence-corrected chi connectivity index (χ2v) is 5.12. The van der Waals surface area contributed by atoms with Crippen molar-refractivity contribution in [1.82, 2.24) is 0 Å². The van der Waals surface area contributed by atoms with Crippen molar-refractivity contribution in [2.24, 2.45) is 0 Å². The minimum atomic E-state index is -4.90. The summed E-state index contributed by atoms with van der Waals surface area (Å²) in [5.41, 5.74) is 0. The molecule has 1 aromatic rings. The van der Waals surface area contributed by atoms with Crippen LogP contribution in [0, 0.1) is 5.82 Å². The van der Waals surface area contributed by atoms with Crippen molar-refractivity contribution < 1.29 is 30.7 Å². The molecule has 96 valence electrons. The van der Waals surface area contributed by atoms with Crippen molar-refractivity contribution in [3.05, 3.63) is 30.1 Å². The van der Waals surface area contributed by atoms with E-state index in [4.69, 9.17) is 0 Å². The Morgan fingerprint density at radius 2 is 1.76 bits per heavy atom. The van der Waals surface area contributed by atoms with Crippen LogP contribution in [0.4, 0.5) is 17.6 Å². The van der Waals surface area contributed by atoms with Gasteiger partial charge in [-0.1, -0.05) is 12.1 Å². The van der Waals surface area contributed by atoms with Crippen molar-refractivity contribution in [3.8, 4) is 0 Å². The van der Waals surface area contributed by atoms with E-state index < -0.39 is 39.3 Å². The van der Waals surface area contributed by atoms with E-state index >= 15 is 0 Å². The van der Waals surface area contributed by atoms with E-state index in [9.17, 15) is 26.0 Å². The molecule has 0 heterocycles. The van der Waals surface area contributed by atoms with E-state index in [0.717, 1.165) is 12.1 Å². The summed E-state index contributed by atoms with van der Waals surface area (Å²) in [7, 11) is -4.11. The predicted molar refractivity (Wildman–Crippen MR) is 50.5 cm³/mol. The fourth-order valence-electron chi connectivity index (χ4n) is 1.07. The molecular weight excluding hydrogens is 264 g/mol. The topological polar surface area (TPSA) is 43.4 Å². The Balaban J connectivity index is 2.74. The minimum Gasteiger partial charge on any atom is -0.291 e. The first-order valence-corrected chi connectivity index (χ1v) is 6.05. The van der Waals surface area contributed by atoms with Gasteiger partial charge in [-0.25, -0.2) is 12.8 Å². The first kappa shape index (κ1) is 13.9. The standard InChI is InChI=1S/C9H8F4O3S/c10-7-3-1-2-4-8(7)17(14,15)6-5-16-9(11,12)13/h1-4H,5-6H2. The van der Waals surface area contributed by atoms with E-state index in [-0.39, 0.29) is 0 Å². The molecule has 0 saturated heterocycles. The normalized spacial score (nSPS) is 12.7. The van der Waals surface area contributed by atoms with E-state index in [2.05, 4.69) is 4.74 Å². The van der Waals surface area contributed by atoms with Crippen molar-refractivity contribution >= 4 is 9.84 Å². The molecule has 0 aromatic heterocycles. The van der Waals surface area contributed by atoms with Crippen LogP contribution in [0.1, 0.15) is 0 Å². The third-order valence-electron chi connectivity index (χ3n) is 1.79. The SMILES string of the molecule is O=S(=O)(CCOC(F)(F)F)c1ccccc1F. The number of hydrogen-bond donors (Lipinski definition) is 0. The average molecular weight is 272 g/mol. The van der Waals surface area contributed by atoms with E-state index in [1.165, 1.54) is 12.1 Å². The van der Waals surface area contributed by atoms with E-state index in [0.29, 0.717) is 0 Å². The Kier molecular flexibility index (Phi) is 4.10. The highest BCUT2D eigenvalue weighted by Gasteiger charge is 2.30. The van der Waals surface area contributed by atoms with Gasteiger partial charge in [0.1, 0.15) is 10.7 Å². The summed E-state index contributed by atoms with van der Waals surface area (Å²) in [6.45, 7) is -1.07. The largest absolute Gasteiger partial charge is 0.522 e. The Morgan fingerprint density at radius 1 is 1.18 bits per heavy atom. The lowest BCUT2D eigenvalue weighted by Crippen LogP contribution is -2.20. The Hall–Kier alpha value is -1.15. The van der Waals surface area contributed by atoms with Crippen molar-refractivity contribution in [2.45, 2.75) is 11.3 Å². The monoisotopic (exact) mass is 272 g/mol. The Labute approximate surface area is 94.9 Å². The minimum absolute atomic E-state index is 0.634. The highest BCUT2D eigenvalue weighted by molar-refractivity contribution is 7.91. The molecule has 0 amide bonds. The Bertz CT molecular complexity index is 481. The summed E-state index contributed by atoms with van der Waals surface area (Å²) >= 11 is 0. The average Bonchev–Trinajstić information content (AvgIpc) is 2.15. The predicted octanol–water partition coefficient (Wildman–Crippen LogP) is 2.14. The van der Waals surface area contributed by atoms with Gasteiger partial charge in [-0.3, -0.25) is 4.74 Å². The van der Waals surface area contributed by atoms with Crippen LogP contribution < -0.4 is 0 Å². The fraction of sp³-hybridized carbons (Fsp3) is 0.333. The van der Waals surface area contributed by atoms with Gasteiger partial charge in [-0.2, -0.15) is 0 Å². The van der Waals surface area contributed by atoms with Gasteiger partial charge < -0.3 is 0 Å². The molecule has 0 bridgehead atoms. The van der Waals surface area contributed by atoms with Crippen LogP contribution in [0.5, 0.6) is 0 Å². The Morgan fingerprint density at radius 3 is 2.29 bits per heavy atom. The van der Waals surface area contributed by atoms with Gasteiger partial charge in [-0.05, 0) is 12.1 Å². The molecule has 0 fully saturated rings. The summed E-state index contributed by atoms with van der Waals surface area (Å²) in [4.78, 5) is -0.634. The van der Waals surface area contributed by atoms with Crippen LogP contribution in [-0.4, -0.2) is 27.1 Å². The molecule has 1 rings (SSSR count). The molecule has 0 saturated carbocycles. The molecule has 0 atom stereocenters. The molecule has 3 nitrogen and oxygen atoms in total. The number of rotatable bonds is 4. The molecule has 0 N–H and O–H groups in total. The van der Waals surface area contributed by atoms with E-state index in [1.807, 2.05) is 0 Å². The van der Waals surface area contributed by atoms with Crippen LogP contribution in [0.3, 0.4) is 0 Å². The quantitative estimate of drug-likeness (QED) is 0.789. The maximum atomic E-state index is 13.1. The summed E-state index contributed by atoms with van der Waals surface area (Å²) in [6, 6.07) is 4.46. The highest BCUT2D eigenvalue weighted by atomic mass is 32.2. The molecule has 0 radical (unpaired) electrons. The molecular formula is C9H8F4O3S. The van der Waals surface area contributed by atoms with Crippen molar-refractivity contribution in [2.75, 3.05) is 12.4 Å². The van der Waals surface area contributed by atoms with Gasteiger partial charge >= 0.3 is 6.36 Å². The van der Waals surface area contributed by atoms with Crippen LogP contribution in [0.15, 0.2) is 29.2 Å². The fourth-order valence-corrected chi connectivity index (χ4v) is 2.25. The summed E-state index contributed by atoms with van der Waals surface area (Å²) in [6.07, 6.45) is -4.90. The van der Waals surface area contributed by atoms with Crippen LogP contribution in [0.25, 0.3) is 0 Å².